The fourth-order valence-corrected chi connectivity index (χ4v) is 4.28. The highest BCUT2D eigenvalue weighted by Gasteiger charge is 2.28. The van der Waals surface area contributed by atoms with Crippen LogP contribution in [0.4, 0.5) is 8.78 Å². The molecule has 0 fully saturated rings. The number of halogens is 4. The first kappa shape index (κ1) is 20.7. The van der Waals surface area contributed by atoms with E-state index in [-0.39, 0.29) is 12.5 Å². The van der Waals surface area contributed by atoms with Crippen molar-refractivity contribution >= 4 is 29.1 Å². The Kier molecular flexibility index (Phi) is 5.71. The van der Waals surface area contributed by atoms with Gasteiger partial charge in [0.1, 0.15) is 5.75 Å². The van der Waals surface area contributed by atoms with Crippen LogP contribution in [0.3, 0.4) is 0 Å². The summed E-state index contributed by atoms with van der Waals surface area (Å²) in [5.74, 6) is -1.46. The summed E-state index contributed by atoms with van der Waals surface area (Å²) in [6, 6.07) is 8.83. The van der Waals surface area contributed by atoms with E-state index in [1.165, 1.54) is 6.07 Å². The Balaban J connectivity index is 1.49. The molecule has 0 saturated carbocycles. The smallest absolute Gasteiger partial charge is 0.254 e. The van der Waals surface area contributed by atoms with Crippen molar-refractivity contribution in [1.82, 2.24) is 4.90 Å². The van der Waals surface area contributed by atoms with Crippen LogP contribution < -0.4 is 10.5 Å². The van der Waals surface area contributed by atoms with Crippen LogP contribution in [0.2, 0.25) is 0 Å². The molecule has 0 aromatic heterocycles. The second-order valence-electron chi connectivity index (χ2n) is 7.22. The van der Waals surface area contributed by atoms with Crippen LogP contribution >= 0.6 is 23.2 Å². The minimum absolute atomic E-state index is 0.172. The average Bonchev–Trinajstić information content (AvgIpc) is 2.69. The van der Waals surface area contributed by atoms with Gasteiger partial charge in [-0.05, 0) is 60.0 Å². The number of alkyl halides is 1. The van der Waals surface area contributed by atoms with E-state index in [9.17, 15) is 13.6 Å². The van der Waals surface area contributed by atoms with E-state index in [2.05, 4.69) is 0 Å². The molecule has 156 valence electrons. The van der Waals surface area contributed by atoms with Crippen LogP contribution in [0.25, 0.3) is 0 Å². The van der Waals surface area contributed by atoms with E-state index in [4.69, 9.17) is 33.7 Å². The van der Waals surface area contributed by atoms with E-state index in [0.717, 1.165) is 17.7 Å². The fourth-order valence-electron chi connectivity index (χ4n) is 3.58. The number of carbonyl (C=O) groups excluding carboxylic acids is 1. The van der Waals surface area contributed by atoms with Crippen molar-refractivity contribution < 1.29 is 18.3 Å². The SMILES string of the molecule is NC1=CC(Cl)C(Oc2ccc3c(c2)CCN(Cc2ccc(F)c(F)c2)C3=O)C(Cl)=C1. The van der Waals surface area contributed by atoms with Gasteiger partial charge in [-0.15, -0.1) is 11.6 Å². The number of fused-ring (bicyclic) bond motifs is 1. The van der Waals surface area contributed by atoms with Crippen molar-refractivity contribution in [1.29, 1.82) is 0 Å². The summed E-state index contributed by atoms with van der Waals surface area (Å²) in [7, 11) is 0. The van der Waals surface area contributed by atoms with Gasteiger partial charge >= 0.3 is 0 Å². The van der Waals surface area contributed by atoms with Gasteiger partial charge in [0.2, 0.25) is 0 Å². The molecular formula is C22H18Cl2F2N2O2. The molecule has 0 saturated heterocycles. The third-order valence-corrected chi connectivity index (χ3v) is 5.76. The molecule has 0 bridgehead atoms. The third kappa shape index (κ3) is 4.16. The quantitative estimate of drug-likeness (QED) is 0.697. The van der Waals surface area contributed by atoms with Crippen molar-refractivity contribution in [3.05, 3.63) is 87.6 Å². The molecule has 2 N–H and O–H groups in total. The Morgan fingerprint density at radius 3 is 2.70 bits per heavy atom. The molecule has 1 amide bonds. The highest BCUT2D eigenvalue weighted by Crippen LogP contribution is 2.30. The van der Waals surface area contributed by atoms with Crippen LogP contribution in [0.1, 0.15) is 21.5 Å². The Morgan fingerprint density at radius 1 is 1.17 bits per heavy atom. The number of rotatable bonds is 4. The van der Waals surface area contributed by atoms with Crippen molar-refractivity contribution in [2.75, 3.05) is 6.54 Å². The predicted molar refractivity (Wildman–Crippen MR) is 112 cm³/mol. The Labute approximate surface area is 182 Å². The summed E-state index contributed by atoms with van der Waals surface area (Å²) in [5.41, 5.74) is 8.15. The van der Waals surface area contributed by atoms with Crippen LogP contribution in [-0.2, 0) is 13.0 Å². The van der Waals surface area contributed by atoms with Gasteiger partial charge in [-0.1, -0.05) is 17.7 Å². The maximum Gasteiger partial charge on any atom is 0.254 e. The van der Waals surface area contributed by atoms with Crippen LogP contribution in [0.5, 0.6) is 5.75 Å². The average molecular weight is 451 g/mol. The second kappa shape index (κ2) is 8.28. The van der Waals surface area contributed by atoms with E-state index in [1.54, 1.807) is 35.3 Å². The molecule has 0 spiro atoms. The minimum Gasteiger partial charge on any atom is -0.483 e. The molecule has 8 heteroatoms. The Bertz CT molecular complexity index is 1070. The first-order chi connectivity index (χ1) is 14.3. The fraction of sp³-hybridized carbons (Fsp3) is 0.227. The molecular weight excluding hydrogens is 433 g/mol. The highest BCUT2D eigenvalue weighted by molar-refractivity contribution is 6.32. The van der Waals surface area contributed by atoms with Crippen molar-refractivity contribution in [2.24, 2.45) is 5.73 Å². The number of hydrogen-bond donors (Lipinski definition) is 1. The van der Waals surface area contributed by atoms with Gasteiger partial charge in [0, 0.05) is 24.4 Å². The third-order valence-electron chi connectivity index (χ3n) is 5.08. The summed E-state index contributed by atoms with van der Waals surface area (Å²) in [4.78, 5) is 14.5. The van der Waals surface area contributed by atoms with E-state index >= 15 is 0 Å². The van der Waals surface area contributed by atoms with Gasteiger partial charge in [0.05, 0.1) is 10.4 Å². The lowest BCUT2D eigenvalue weighted by molar-refractivity contribution is 0.0726. The van der Waals surface area contributed by atoms with Crippen LogP contribution in [0.15, 0.2) is 59.3 Å². The summed E-state index contributed by atoms with van der Waals surface area (Å²) < 4.78 is 32.5. The largest absolute Gasteiger partial charge is 0.483 e. The summed E-state index contributed by atoms with van der Waals surface area (Å²) in [6.45, 7) is 0.660. The molecule has 1 heterocycles. The van der Waals surface area contributed by atoms with Crippen LogP contribution in [-0.4, -0.2) is 28.8 Å². The van der Waals surface area contributed by atoms with Gasteiger partial charge in [-0.2, -0.15) is 0 Å². The molecule has 30 heavy (non-hydrogen) atoms. The molecule has 4 rings (SSSR count). The number of allylic oxidation sites excluding steroid dienone is 1. The topological polar surface area (TPSA) is 55.6 Å². The van der Waals surface area contributed by atoms with Gasteiger partial charge in [0.25, 0.3) is 5.91 Å². The number of nitrogens with zero attached hydrogens (tertiary/aromatic N) is 1. The number of nitrogens with two attached hydrogens (primary N) is 1. The Morgan fingerprint density at radius 2 is 1.97 bits per heavy atom. The minimum atomic E-state index is -0.927. The van der Waals surface area contributed by atoms with Gasteiger partial charge < -0.3 is 15.4 Å². The first-order valence-electron chi connectivity index (χ1n) is 9.33. The maximum absolute atomic E-state index is 13.5. The molecule has 1 aliphatic carbocycles. The zero-order valence-electron chi connectivity index (χ0n) is 15.7. The predicted octanol–water partition coefficient (Wildman–Crippen LogP) is 4.50. The molecule has 0 radical (unpaired) electrons. The lowest BCUT2D eigenvalue weighted by Gasteiger charge is -2.30. The molecule has 2 aromatic carbocycles. The maximum atomic E-state index is 13.5. The second-order valence-corrected chi connectivity index (χ2v) is 8.16. The number of carbonyl (C=O) groups is 1. The summed E-state index contributed by atoms with van der Waals surface area (Å²) >= 11 is 12.5. The normalized spacial score (nSPS) is 21.1. The summed E-state index contributed by atoms with van der Waals surface area (Å²) in [6.07, 6.45) is 3.30. The molecule has 4 nitrogen and oxygen atoms in total. The van der Waals surface area contributed by atoms with Gasteiger partial charge in [-0.25, -0.2) is 8.78 Å². The van der Waals surface area contributed by atoms with E-state index < -0.39 is 23.1 Å². The van der Waals surface area contributed by atoms with E-state index in [0.29, 0.717) is 40.6 Å². The molecule has 2 aliphatic rings. The van der Waals surface area contributed by atoms with Crippen molar-refractivity contribution in [2.45, 2.75) is 24.4 Å². The van der Waals surface area contributed by atoms with Gasteiger partial charge in [-0.3, -0.25) is 4.79 Å². The Hall–Kier alpha value is -2.57. The molecule has 1 aliphatic heterocycles. The zero-order valence-corrected chi connectivity index (χ0v) is 17.3. The lowest BCUT2D eigenvalue weighted by Crippen LogP contribution is -2.37. The number of benzene rings is 2. The lowest BCUT2D eigenvalue weighted by atomic mass is 9.98. The number of hydrogen-bond acceptors (Lipinski definition) is 3. The highest BCUT2D eigenvalue weighted by atomic mass is 35.5. The zero-order chi connectivity index (χ0) is 21.4. The first-order valence-corrected chi connectivity index (χ1v) is 10.1. The standard InChI is InChI=1S/C22H18Cl2F2N2O2/c23-17-9-14(27)10-18(24)21(17)30-15-2-3-16-13(8-15)5-6-28(22(16)29)11-12-1-4-19(25)20(26)7-12/h1-4,7-10,17,21H,5-6,11,27H2. The molecule has 2 aromatic rings. The van der Waals surface area contributed by atoms with E-state index in [1.807, 2.05) is 0 Å². The number of ether oxygens (including phenoxy) is 1. The van der Waals surface area contributed by atoms with Crippen molar-refractivity contribution in [3.8, 4) is 5.75 Å². The van der Waals surface area contributed by atoms with Gasteiger partial charge in [0.15, 0.2) is 17.7 Å². The monoisotopic (exact) mass is 450 g/mol. The molecule has 2 atom stereocenters. The number of amides is 1. The molecule has 2 unspecified atom stereocenters. The van der Waals surface area contributed by atoms with Crippen LogP contribution in [0, 0.1) is 11.6 Å². The van der Waals surface area contributed by atoms with Crippen molar-refractivity contribution in [3.63, 3.8) is 0 Å². The summed E-state index contributed by atoms with van der Waals surface area (Å²) in [5, 5.41) is -0.103.